The average Bonchev–Trinajstić information content (AvgIpc) is 2.29. The van der Waals surface area contributed by atoms with Gasteiger partial charge in [0.1, 0.15) is 5.60 Å². The van der Waals surface area contributed by atoms with E-state index in [2.05, 4.69) is 36.5 Å². The fourth-order valence-electron chi connectivity index (χ4n) is 2.38. The fraction of sp³-hybridized carbons (Fsp3) is 0.588. The lowest BCUT2D eigenvalue weighted by Gasteiger charge is -2.36. The van der Waals surface area contributed by atoms with Gasteiger partial charge >= 0.3 is 6.09 Å². The first-order valence-corrected chi connectivity index (χ1v) is 8.49. The lowest BCUT2D eigenvalue weighted by molar-refractivity contribution is 0.0459. The minimum atomic E-state index is -0.422. The Balaban J connectivity index is 1.64. The van der Waals surface area contributed by atoms with Crippen molar-refractivity contribution in [2.75, 3.05) is 5.75 Å². The van der Waals surface area contributed by atoms with Crippen LogP contribution in [-0.4, -0.2) is 23.5 Å². The van der Waals surface area contributed by atoms with Gasteiger partial charge in [-0.05, 0) is 58.6 Å². The monoisotopic (exact) mass is 307 g/mol. The van der Waals surface area contributed by atoms with Crippen LogP contribution in [0, 0.1) is 12.8 Å². The van der Waals surface area contributed by atoms with E-state index in [4.69, 9.17) is 4.74 Å². The third-order valence-electron chi connectivity index (χ3n) is 3.43. The van der Waals surface area contributed by atoms with Gasteiger partial charge in [-0.2, -0.15) is 0 Å². The van der Waals surface area contributed by atoms with Crippen molar-refractivity contribution >= 4 is 17.9 Å². The summed E-state index contributed by atoms with van der Waals surface area (Å²) in [4.78, 5) is 13.0. The van der Waals surface area contributed by atoms with Crippen molar-refractivity contribution in [2.24, 2.45) is 5.92 Å². The van der Waals surface area contributed by atoms with Crippen molar-refractivity contribution in [3.63, 3.8) is 0 Å². The first-order chi connectivity index (χ1) is 9.82. The maximum Gasteiger partial charge on any atom is 0.407 e. The molecule has 4 heteroatoms. The number of hydrogen-bond acceptors (Lipinski definition) is 3. The number of aryl methyl sites for hydroxylation is 1. The van der Waals surface area contributed by atoms with E-state index in [1.54, 1.807) is 0 Å². The van der Waals surface area contributed by atoms with E-state index >= 15 is 0 Å². The molecule has 0 bridgehead atoms. The number of alkyl carbamates (subject to hydrolysis) is 1. The van der Waals surface area contributed by atoms with E-state index in [9.17, 15) is 4.79 Å². The maximum atomic E-state index is 11.6. The molecule has 1 aromatic rings. The number of ether oxygens (including phenoxy) is 1. The van der Waals surface area contributed by atoms with Gasteiger partial charge in [0.25, 0.3) is 0 Å². The summed E-state index contributed by atoms with van der Waals surface area (Å²) in [6.07, 6.45) is 1.81. The molecule has 1 aromatic carbocycles. The summed E-state index contributed by atoms with van der Waals surface area (Å²) >= 11 is 1.91. The van der Waals surface area contributed by atoms with Gasteiger partial charge < -0.3 is 10.1 Å². The number of thioether (sulfide) groups is 1. The van der Waals surface area contributed by atoms with Crippen molar-refractivity contribution in [2.45, 2.75) is 57.1 Å². The molecule has 1 saturated carbocycles. The van der Waals surface area contributed by atoms with E-state index in [-0.39, 0.29) is 12.1 Å². The van der Waals surface area contributed by atoms with E-state index in [0.717, 1.165) is 18.6 Å². The minimum absolute atomic E-state index is 0.281. The zero-order valence-corrected chi connectivity index (χ0v) is 14.1. The van der Waals surface area contributed by atoms with Gasteiger partial charge in [-0.1, -0.05) is 17.7 Å². The number of amides is 1. The first-order valence-electron chi connectivity index (χ1n) is 7.51. The van der Waals surface area contributed by atoms with Crippen LogP contribution in [0.5, 0.6) is 0 Å². The average molecular weight is 307 g/mol. The maximum absolute atomic E-state index is 11.6. The zero-order valence-electron chi connectivity index (χ0n) is 13.3. The molecule has 1 fully saturated rings. The van der Waals surface area contributed by atoms with Gasteiger partial charge in [-0.25, -0.2) is 4.79 Å². The molecule has 1 amide bonds. The normalized spacial score (nSPS) is 21.5. The summed E-state index contributed by atoms with van der Waals surface area (Å²) in [5.74, 6) is 1.81. The Labute approximate surface area is 131 Å². The van der Waals surface area contributed by atoms with Crippen LogP contribution >= 0.6 is 11.8 Å². The smallest absolute Gasteiger partial charge is 0.407 e. The van der Waals surface area contributed by atoms with Crippen LogP contribution < -0.4 is 5.32 Å². The van der Waals surface area contributed by atoms with Crippen molar-refractivity contribution in [3.8, 4) is 0 Å². The molecule has 0 radical (unpaired) electrons. The Morgan fingerprint density at radius 1 is 1.38 bits per heavy atom. The summed E-state index contributed by atoms with van der Waals surface area (Å²) in [7, 11) is 0. The van der Waals surface area contributed by atoms with Crippen molar-refractivity contribution < 1.29 is 9.53 Å². The molecular formula is C17H25NO2S. The molecule has 21 heavy (non-hydrogen) atoms. The highest BCUT2D eigenvalue weighted by atomic mass is 32.2. The topological polar surface area (TPSA) is 38.3 Å². The van der Waals surface area contributed by atoms with Gasteiger partial charge in [0.2, 0.25) is 0 Å². The first kappa shape index (κ1) is 16.2. The van der Waals surface area contributed by atoms with Crippen LogP contribution in [0.2, 0.25) is 0 Å². The van der Waals surface area contributed by atoms with Crippen LogP contribution in [0.1, 0.15) is 39.2 Å². The molecule has 0 aromatic heterocycles. The van der Waals surface area contributed by atoms with Gasteiger partial charge in [-0.3, -0.25) is 0 Å². The number of carbonyl (C=O) groups excluding carboxylic acids is 1. The summed E-state index contributed by atoms with van der Waals surface area (Å²) in [5.41, 5.74) is 0.881. The Bertz CT molecular complexity index is 490. The van der Waals surface area contributed by atoms with E-state index in [0.29, 0.717) is 5.92 Å². The Hall–Kier alpha value is -1.16. The van der Waals surface area contributed by atoms with Crippen molar-refractivity contribution in [1.29, 1.82) is 0 Å². The van der Waals surface area contributed by atoms with E-state index in [1.165, 1.54) is 10.5 Å². The highest BCUT2D eigenvalue weighted by Crippen LogP contribution is 2.33. The van der Waals surface area contributed by atoms with Crippen LogP contribution in [0.15, 0.2) is 29.2 Å². The van der Waals surface area contributed by atoms with Gasteiger partial charge in [-0.15, -0.1) is 11.8 Å². The Morgan fingerprint density at radius 3 is 2.71 bits per heavy atom. The van der Waals surface area contributed by atoms with Gasteiger partial charge in [0.15, 0.2) is 0 Å². The molecule has 1 aliphatic rings. The highest BCUT2D eigenvalue weighted by molar-refractivity contribution is 7.99. The molecule has 3 nitrogen and oxygen atoms in total. The lowest BCUT2D eigenvalue weighted by atomic mass is 9.82. The summed E-state index contributed by atoms with van der Waals surface area (Å²) in [5, 5.41) is 2.94. The number of hydrogen-bond donors (Lipinski definition) is 1. The third-order valence-corrected chi connectivity index (χ3v) is 4.66. The van der Waals surface area contributed by atoms with Gasteiger partial charge in [0.05, 0.1) is 0 Å². The SMILES string of the molecule is Cc1cccc(SCC2CC(NC(=O)OC(C)(C)C)C2)c1. The Morgan fingerprint density at radius 2 is 2.10 bits per heavy atom. The standard InChI is InChI=1S/C17H25NO2S/c1-12-6-5-7-15(8-12)21-11-13-9-14(10-13)18-16(19)20-17(2,3)4/h5-8,13-14H,9-11H2,1-4H3,(H,18,19). The van der Waals surface area contributed by atoms with Gasteiger partial charge in [0, 0.05) is 16.7 Å². The number of rotatable bonds is 4. The number of carbonyl (C=O) groups is 1. The molecule has 0 unspecified atom stereocenters. The largest absolute Gasteiger partial charge is 0.444 e. The number of benzene rings is 1. The predicted molar refractivity (Wildman–Crippen MR) is 87.8 cm³/mol. The summed E-state index contributed by atoms with van der Waals surface area (Å²) < 4.78 is 5.27. The molecule has 1 N–H and O–H groups in total. The second kappa shape index (κ2) is 6.73. The molecule has 0 spiro atoms. The summed E-state index contributed by atoms with van der Waals surface area (Å²) in [6.45, 7) is 7.77. The van der Waals surface area contributed by atoms with E-state index in [1.807, 2.05) is 32.5 Å². The zero-order chi connectivity index (χ0) is 15.5. The fourth-order valence-corrected chi connectivity index (χ4v) is 3.53. The minimum Gasteiger partial charge on any atom is -0.444 e. The molecule has 0 saturated heterocycles. The molecule has 0 heterocycles. The number of nitrogens with one attached hydrogen (secondary N) is 1. The van der Waals surface area contributed by atoms with Crippen LogP contribution in [0.3, 0.4) is 0 Å². The molecular weight excluding hydrogens is 282 g/mol. The molecule has 0 aliphatic heterocycles. The quantitative estimate of drug-likeness (QED) is 0.838. The van der Waals surface area contributed by atoms with E-state index < -0.39 is 5.60 Å². The molecule has 2 rings (SSSR count). The van der Waals surface area contributed by atoms with Crippen LogP contribution in [0.4, 0.5) is 4.79 Å². The second-order valence-corrected chi connectivity index (χ2v) is 7.90. The highest BCUT2D eigenvalue weighted by Gasteiger charge is 2.31. The third kappa shape index (κ3) is 5.62. The molecule has 116 valence electrons. The second-order valence-electron chi connectivity index (χ2n) is 6.81. The predicted octanol–water partition coefficient (Wildman–Crippen LogP) is 4.39. The lowest BCUT2D eigenvalue weighted by Crippen LogP contribution is -2.46. The van der Waals surface area contributed by atoms with Crippen molar-refractivity contribution in [3.05, 3.63) is 29.8 Å². The van der Waals surface area contributed by atoms with Crippen LogP contribution in [0.25, 0.3) is 0 Å². The molecule has 0 atom stereocenters. The Kier molecular flexibility index (Phi) is 5.20. The van der Waals surface area contributed by atoms with Crippen LogP contribution in [-0.2, 0) is 4.74 Å². The summed E-state index contributed by atoms with van der Waals surface area (Å²) in [6, 6.07) is 8.88. The molecule has 1 aliphatic carbocycles. The van der Waals surface area contributed by atoms with Crippen molar-refractivity contribution in [1.82, 2.24) is 5.32 Å².